The van der Waals surface area contributed by atoms with E-state index >= 15 is 0 Å². The minimum absolute atomic E-state index is 0.0538. The summed E-state index contributed by atoms with van der Waals surface area (Å²) >= 11 is 1.38. The summed E-state index contributed by atoms with van der Waals surface area (Å²) in [6.07, 6.45) is 6.14. The van der Waals surface area contributed by atoms with Crippen LogP contribution >= 0.6 is 11.8 Å². The van der Waals surface area contributed by atoms with Gasteiger partial charge < -0.3 is 4.98 Å². The van der Waals surface area contributed by atoms with Gasteiger partial charge in [-0.15, -0.1) is 0 Å². The maximum Gasteiger partial charge on any atom is 0.188 e. The summed E-state index contributed by atoms with van der Waals surface area (Å²) in [6, 6.07) is 17.7. The zero-order valence-corrected chi connectivity index (χ0v) is 15.7. The number of carbonyl (C=O) groups excluding carboxylic acids is 1. The van der Waals surface area contributed by atoms with Crippen molar-refractivity contribution in [1.82, 2.24) is 15.0 Å². The van der Waals surface area contributed by atoms with Crippen molar-refractivity contribution < 1.29 is 4.79 Å². The van der Waals surface area contributed by atoms with Crippen molar-refractivity contribution >= 4 is 28.4 Å². The number of aromatic nitrogens is 3. The molecule has 0 aliphatic carbocycles. The van der Waals surface area contributed by atoms with E-state index in [0.717, 1.165) is 22.9 Å². The summed E-state index contributed by atoms with van der Waals surface area (Å²) in [5, 5.41) is 1.15. The van der Waals surface area contributed by atoms with Crippen LogP contribution in [0.1, 0.15) is 33.7 Å². The number of H-pyrrole nitrogens is 1. The summed E-state index contributed by atoms with van der Waals surface area (Å²) in [4.78, 5) is 25.4. The van der Waals surface area contributed by atoms with Crippen molar-refractivity contribution in [1.29, 1.82) is 0 Å². The monoisotopic (exact) mass is 373 g/mol. The number of nitrogens with one attached hydrogen (secondary N) is 1. The standard InChI is InChI=1S/C22H19N3OS/c1-2-15-10-6-11-17-18(14-25-19(15)17)20(26)21(16-8-4-3-5-9-16)27-22-23-12-7-13-24-22/h3-14,21,25H,2H2,1H3. The number of fused-ring (bicyclic) bond motifs is 1. The lowest BCUT2D eigenvalue weighted by Gasteiger charge is -2.14. The van der Waals surface area contributed by atoms with Crippen LogP contribution in [0.2, 0.25) is 0 Å². The number of para-hydroxylation sites is 1. The van der Waals surface area contributed by atoms with Crippen LogP contribution in [0.5, 0.6) is 0 Å². The third kappa shape index (κ3) is 3.51. The molecule has 2 aromatic carbocycles. The van der Waals surface area contributed by atoms with E-state index in [1.54, 1.807) is 18.5 Å². The van der Waals surface area contributed by atoms with Crippen LogP contribution in [0.3, 0.4) is 0 Å². The van der Waals surface area contributed by atoms with E-state index in [2.05, 4.69) is 27.9 Å². The molecular weight excluding hydrogens is 354 g/mol. The van der Waals surface area contributed by atoms with Crippen LogP contribution < -0.4 is 0 Å². The molecule has 1 unspecified atom stereocenters. The number of carbonyl (C=O) groups is 1. The highest BCUT2D eigenvalue weighted by atomic mass is 32.2. The second kappa shape index (κ2) is 7.76. The normalized spacial score (nSPS) is 12.2. The fourth-order valence-corrected chi connectivity index (χ4v) is 4.19. The highest BCUT2D eigenvalue weighted by Crippen LogP contribution is 2.37. The SMILES string of the molecule is CCc1cccc2c(C(=O)C(Sc3ncccn3)c3ccccc3)c[nH]c12. The number of ketones is 1. The lowest BCUT2D eigenvalue weighted by Crippen LogP contribution is -2.10. The van der Waals surface area contributed by atoms with Crippen LogP contribution in [0.25, 0.3) is 10.9 Å². The van der Waals surface area contributed by atoms with Crippen molar-refractivity contribution in [2.75, 3.05) is 0 Å². The van der Waals surface area contributed by atoms with Gasteiger partial charge in [0.15, 0.2) is 10.9 Å². The van der Waals surface area contributed by atoms with Crippen LogP contribution in [-0.2, 0) is 6.42 Å². The summed E-state index contributed by atoms with van der Waals surface area (Å²) in [5.74, 6) is 0.0538. The predicted molar refractivity (Wildman–Crippen MR) is 109 cm³/mol. The van der Waals surface area contributed by atoms with Gasteiger partial charge in [-0.05, 0) is 23.6 Å². The number of aryl methyl sites for hydroxylation is 1. The highest BCUT2D eigenvalue weighted by Gasteiger charge is 2.26. The minimum Gasteiger partial charge on any atom is -0.360 e. The molecule has 4 nitrogen and oxygen atoms in total. The van der Waals surface area contributed by atoms with Gasteiger partial charge in [0.1, 0.15) is 5.25 Å². The van der Waals surface area contributed by atoms with Crippen molar-refractivity contribution in [2.24, 2.45) is 0 Å². The fraction of sp³-hybridized carbons (Fsp3) is 0.136. The molecule has 0 spiro atoms. The summed E-state index contributed by atoms with van der Waals surface area (Å²) in [5.41, 5.74) is 3.90. The van der Waals surface area contributed by atoms with E-state index in [1.807, 2.05) is 48.7 Å². The Balaban J connectivity index is 1.77. The summed E-state index contributed by atoms with van der Waals surface area (Å²) in [7, 11) is 0. The van der Waals surface area contributed by atoms with Crippen molar-refractivity contribution in [3.8, 4) is 0 Å². The molecule has 0 amide bonds. The second-order valence-corrected chi connectivity index (χ2v) is 7.27. The molecular formula is C22H19N3OS. The Morgan fingerprint density at radius 3 is 2.56 bits per heavy atom. The Morgan fingerprint density at radius 2 is 1.81 bits per heavy atom. The maximum absolute atomic E-state index is 13.5. The van der Waals surface area contributed by atoms with Gasteiger partial charge in [0.05, 0.1) is 0 Å². The molecule has 4 rings (SSSR count). The molecule has 0 fully saturated rings. The van der Waals surface area contributed by atoms with Gasteiger partial charge in [-0.2, -0.15) is 0 Å². The second-order valence-electron chi connectivity index (χ2n) is 6.20. The zero-order chi connectivity index (χ0) is 18.6. The molecule has 2 aromatic heterocycles. The lowest BCUT2D eigenvalue weighted by molar-refractivity contribution is 0.0991. The summed E-state index contributed by atoms with van der Waals surface area (Å²) in [6.45, 7) is 2.12. The molecule has 1 atom stereocenters. The molecule has 134 valence electrons. The predicted octanol–water partition coefficient (Wildman–Crippen LogP) is 5.24. The van der Waals surface area contributed by atoms with Gasteiger partial charge in [0, 0.05) is 35.1 Å². The molecule has 27 heavy (non-hydrogen) atoms. The molecule has 0 saturated carbocycles. The minimum atomic E-state index is -0.405. The van der Waals surface area contributed by atoms with Crippen molar-refractivity contribution in [3.05, 3.63) is 89.9 Å². The smallest absolute Gasteiger partial charge is 0.188 e. The topological polar surface area (TPSA) is 58.6 Å². The Hall–Kier alpha value is -2.92. The molecule has 0 saturated heterocycles. The maximum atomic E-state index is 13.5. The number of benzene rings is 2. The van der Waals surface area contributed by atoms with Gasteiger partial charge in [0.25, 0.3) is 0 Å². The Morgan fingerprint density at radius 1 is 1.04 bits per heavy atom. The molecule has 0 bridgehead atoms. The Labute approximate surface area is 162 Å². The molecule has 0 aliphatic heterocycles. The number of rotatable bonds is 6. The molecule has 4 aromatic rings. The number of hydrogen-bond acceptors (Lipinski definition) is 4. The van der Waals surface area contributed by atoms with Crippen LogP contribution in [-0.4, -0.2) is 20.7 Å². The average Bonchev–Trinajstić information content (AvgIpc) is 3.17. The third-order valence-corrected chi connectivity index (χ3v) is 5.70. The van der Waals surface area contributed by atoms with Gasteiger partial charge in [-0.1, -0.05) is 67.2 Å². The quantitative estimate of drug-likeness (QED) is 0.285. The molecule has 1 N–H and O–H groups in total. The largest absolute Gasteiger partial charge is 0.360 e. The molecule has 2 heterocycles. The summed E-state index contributed by atoms with van der Waals surface area (Å²) < 4.78 is 0. The highest BCUT2D eigenvalue weighted by molar-refractivity contribution is 8.00. The zero-order valence-electron chi connectivity index (χ0n) is 14.9. The van der Waals surface area contributed by atoms with E-state index < -0.39 is 5.25 Å². The number of Topliss-reactive ketones (excluding diaryl/α,β-unsaturated/α-hetero) is 1. The first kappa shape index (κ1) is 17.5. The van der Waals surface area contributed by atoms with E-state index in [1.165, 1.54) is 17.3 Å². The van der Waals surface area contributed by atoms with Crippen LogP contribution in [0, 0.1) is 0 Å². The Bertz CT molecular complexity index is 1060. The lowest BCUT2D eigenvalue weighted by atomic mass is 10.0. The van der Waals surface area contributed by atoms with Crippen LogP contribution in [0.15, 0.2) is 78.3 Å². The first-order valence-electron chi connectivity index (χ1n) is 8.89. The van der Waals surface area contributed by atoms with Gasteiger partial charge in [-0.25, -0.2) is 9.97 Å². The van der Waals surface area contributed by atoms with Gasteiger partial charge in [-0.3, -0.25) is 4.79 Å². The number of thioether (sulfide) groups is 1. The van der Waals surface area contributed by atoms with E-state index in [-0.39, 0.29) is 5.78 Å². The number of nitrogens with zero attached hydrogens (tertiary/aromatic N) is 2. The average molecular weight is 373 g/mol. The van der Waals surface area contributed by atoms with Gasteiger partial charge in [0.2, 0.25) is 0 Å². The molecule has 5 heteroatoms. The fourth-order valence-electron chi connectivity index (χ4n) is 3.21. The first-order valence-corrected chi connectivity index (χ1v) is 9.77. The first-order chi connectivity index (χ1) is 13.3. The van der Waals surface area contributed by atoms with E-state index in [9.17, 15) is 4.79 Å². The number of aromatic amines is 1. The molecule has 0 aliphatic rings. The van der Waals surface area contributed by atoms with Crippen molar-refractivity contribution in [2.45, 2.75) is 23.8 Å². The number of hydrogen-bond donors (Lipinski definition) is 1. The van der Waals surface area contributed by atoms with E-state index in [0.29, 0.717) is 10.7 Å². The van der Waals surface area contributed by atoms with Crippen LogP contribution in [0.4, 0.5) is 0 Å². The third-order valence-electron chi connectivity index (χ3n) is 4.55. The molecule has 0 radical (unpaired) electrons. The van der Waals surface area contributed by atoms with E-state index in [4.69, 9.17) is 0 Å². The van der Waals surface area contributed by atoms with Gasteiger partial charge >= 0.3 is 0 Å². The van der Waals surface area contributed by atoms with Crippen molar-refractivity contribution in [3.63, 3.8) is 0 Å². The Kier molecular flexibility index (Phi) is 5.03.